The predicted octanol–water partition coefficient (Wildman–Crippen LogP) is 2.94. The quantitative estimate of drug-likeness (QED) is 0.848. The van der Waals surface area contributed by atoms with Crippen LogP contribution in [0.5, 0.6) is 11.5 Å². The fraction of sp³-hybridized carbons (Fsp3) is 0.222. The zero-order valence-corrected chi connectivity index (χ0v) is 13.2. The fourth-order valence-corrected chi connectivity index (χ4v) is 2.05. The summed E-state index contributed by atoms with van der Waals surface area (Å²) in [7, 11) is 1.50. The van der Waals surface area contributed by atoms with Crippen LogP contribution in [0.1, 0.15) is 17.5 Å². The number of amides is 1. The number of hydrogen-bond donors (Lipinski definition) is 1. The molecule has 0 fully saturated rings. The molecule has 0 aliphatic rings. The van der Waals surface area contributed by atoms with E-state index in [0.29, 0.717) is 17.1 Å². The van der Waals surface area contributed by atoms with E-state index in [1.165, 1.54) is 13.2 Å². The van der Waals surface area contributed by atoms with Crippen molar-refractivity contribution in [3.63, 3.8) is 0 Å². The second-order valence-corrected chi connectivity index (χ2v) is 4.98. The van der Waals surface area contributed by atoms with Gasteiger partial charge in [0.2, 0.25) is 5.91 Å². The smallest absolute Gasteiger partial charge is 0.234 e. The van der Waals surface area contributed by atoms with Gasteiger partial charge in [-0.15, -0.1) is 0 Å². The third kappa shape index (κ3) is 4.71. The molecule has 0 aliphatic carbocycles. The van der Waals surface area contributed by atoms with Gasteiger partial charge in [-0.25, -0.2) is 4.39 Å². The molecule has 24 heavy (non-hydrogen) atoms. The zero-order chi connectivity index (χ0) is 17.4. The maximum Gasteiger partial charge on any atom is 0.234 e. The number of carbonyl (C=O) groups excluding carboxylic acids is 1. The lowest BCUT2D eigenvalue weighted by Crippen LogP contribution is -2.21. The van der Waals surface area contributed by atoms with Crippen molar-refractivity contribution in [1.82, 2.24) is 5.32 Å². The highest BCUT2D eigenvalue weighted by molar-refractivity contribution is 5.77. The Balaban J connectivity index is 2.02. The van der Waals surface area contributed by atoms with Crippen LogP contribution in [0.3, 0.4) is 0 Å². The molecule has 0 spiro atoms. The van der Waals surface area contributed by atoms with Crippen LogP contribution in [0.2, 0.25) is 0 Å². The van der Waals surface area contributed by atoms with Crippen molar-refractivity contribution < 1.29 is 18.7 Å². The van der Waals surface area contributed by atoms with Gasteiger partial charge in [-0.3, -0.25) is 4.79 Å². The van der Waals surface area contributed by atoms with Crippen molar-refractivity contribution in [2.75, 3.05) is 7.11 Å². The van der Waals surface area contributed by atoms with Gasteiger partial charge in [0.05, 0.1) is 13.2 Å². The van der Waals surface area contributed by atoms with Gasteiger partial charge in [0.15, 0.2) is 11.5 Å². The van der Waals surface area contributed by atoms with Gasteiger partial charge in [0, 0.05) is 12.1 Å². The molecule has 0 atom stereocenters. The lowest BCUT2D eigenvalue weighted by atomic mass is 10.2. The third-order valence-electron chi connectivity index (χ3n) is 3.30. The van der Waals surface area contributed by atoms with E-state index in [9.17, 15) is 9.18 Å². The Hall–Kier alpha value is -3.07. The first kappa shape index (κ1) is 17.3. The molecule has 0 saturated heterocycles. The molecule has 124 valence electrons. The standard InChI is InChI=1S/C18H17FN2O3/c1-23-17-10-13(11-21-18(22)8-9-20)6-7-16(17)24-12-14-4-2-3-5-15(14)19/h2-7,10H,8,11-12H2,1H3,(H,21,22). The Labute approximate surface area is 139 Å². The van der Waals surface area contributed by atoms with E-state index in [1.54, 1.807) is 42.5 Å². The number of carbonyl (C=O) groups is 1. The van der Waals surface area contributed by atoms with Crippen LogP contribution in [-0.2, 0) is 17.9 Å². The van der Waals surface area contributed by atoms with Gasteiger partial charge < -0.3 is 14.8 Å². The van der Waals surface area contributed by atoms with E-state index in [2.05, 4.69) is 5.32 Å². The van der Waals surface area contributed by atoms with Gasteiger partial charge in [0.1, 0.15) is 18.8 Å². The average molecular weight is 328 g/mol. The van der Waals surface area contributed by atoms with E-state index in [0.717, 1.165) is 5.56 Å². The third-order valence-corrected chi connectivity index (χ3v) is 3.30. The number of nitrogens with zero attached hydrogens (tertiary/aromatic N) is 1. The summed E-state index contributed by atoms with van der Waals surface area (Å²) in [6, 6.07) is 13.4. The van der Waals surface area contributed by atoms with Crippen molar-refractivity contribution >= 4 is 5.91 Å². The highest BCUT2D eigenvalue weighted by Crippen LogP contribution is 2.29. The normalized spacial score (nSPS) is 9.88. The average Bonchev–Trinajstić information content (AvgIpc) is 2.60. The second-order valence-electron chi connectivity index (χ2n) is 4.98. The van der Waals surface area contributed by atoms with Gasteiger partial charge in [0.25, 0.3) is 0 Å². The molecule has 0 aromatic heterocycles. The van der Waals surface area contributed by atoms with Crippen molar-refractivity contribution in [3.05, 3.63) is 59.4 Å². The summed E-state index contributed by atoms with van der Waals surface area (Å²) in [5, 5.41) is 11.1. The topological polar surface area (TPSA) is 71.3 Å². The van der Waals surface area contributed by atoms with E-state index in [4.69, 9.17) is 14.7 Å². The highest BCUT2D eigenvalue weighted by Gasteiger charge is 2.09. The molecule has 0 unspecified atom stereocenters. The highest BCUT2D eigenvalue weighted by atomic mass is 19.1. The number of halogens is 1. The van der Waals surface area contributed by atoms with Crippen LogP contribution in [-0.4, -0.2) is 13.0 Å². The van der Waals surface area contributed by atoms with Crippen LogP contribution in [0.15, 0.2) is 42.5 Å². The van der Waals surface area contributed by atoms with Crippen LogP contribution >= 0.6 is 0 Å². The number of rotatable bonds is 7. The summed E-state index contributed by atoms with van der Waals surface area (Å²) >= 11 is 0. The molecule has 1 N–H and O–H groups in total. The molecule has 6 heteroatoms. The summed E-state index contributed by atoms with van der Waals surface area (Å²) in [6.07, 6.45) is -0.180. The predicted molar refractivity (Wildman–Crippen MR) is 85.8 cm³/mol. The van der Waals surface area contributed by atoms with Gasteiger partial charge in [-0.2, -0.15) is 5.26 Å². The number of nitriles is 1. The molecular weight excluding hydrogens is 311 g/mol. The minimum absolute atomic E-state index is 0.0846. The van der Waals surface area contributed by atoms with Gasteiger partial charge in [-0.1, -0.05) is 24.3 Å². The van der Waals surface area contributed by atoms with Crippen molar-refractivity contribution in [2.24, 2.45) is 0 Å². The largest absolute Gasteiger partial charge is 0.493 e. The molecular formula is C18H17FN2O3. The van der Waals surface area contributed by atoms with Gasteiger partial charge >= 0.3 is 0 Å². The maximum absolute atomic E-state index is 13.6. The Morgan fingerprint density at radius 3 is 2.75 bits per heavy atom. The summed E-state index contributed by atoms with van der Waals surface area (Å²) in [6.45, 7) is 0.367. The molecule has 0 heterocycles. The monoisotopic (exact) mass is 328 g/mol. The molecule has 0 saturated carbocycles. The Morgan fingerprint density at radius 2 is 2.04 bits per heavy atom. The lowest BCUT2D eigenvalue weighted by Gasteiger charge is -2.13. The van der Waals surface area contributed by atoms with Gasteiger partial charge in [-0.05, 0) is 23.8 Å². The molecule has 0 aliphatic heterocycles. The molecule has 2 aromatic carbocycles. The first-order valence-electron chi connectivity index (χ1n) is 7.31. The van der Waals surface area contributed by atoms with Crippen molar-refractivity contribution in [2.45, 2.75) is 19.6 Å². The summed E-state index contributed by atoms with van der Waals surface area (Å²) in [5.41, 5.74) is 1.25. The number of ether oxygens (including phenoxy) is 2. The first-order chi connectivity index (χ1) is 11.6. The molecule has 2 aromatic rings. The molecule has 0 radical (unpaired) electrons. The molecule has 1 amide bonds. The van der Waals surface area contributed by atoms with E-state index < -0.39 is 0 Å². The minimum atomic E-state index is -0.337. The zero-order valence-electron chi connectivity index (χ0n) is 13.2. The lowest BCUT2D eigenvalue weighted by molar-refractivity contribution is -0.120. The number of hydrogen-bond acceptors (Lipinski definition) is 4. The summed E-state index contributed by atoms with van der Waals surface area (Å²) in [4.78, 5) is 11.3. The SMILES string of the molecule is COc1cc(CNC(=O)CC#N)ccc1OCc1ccccc1F. The summed E-state index contributed by atoms with van der Waals surface area (Å²) in [5.74, 6) is 0.302. The maximum atomic E-state index is 13.6. The Bertz CT molecular complexity index is 756. The van der Waals surface area contributed by atoms with Crippen LogP contribution in [0.25, 0.3) is 0 Å². The Morgan fingerprint density at radius 1 is 1.25 bits per heavy atom. The van der Waals surface area contributed by atoms with Crippen LogP contribution in [0.4, 0.5) is 4.39 Å². The summed E-state index contributed by atoms with van der Waals surface area (Å²) < 4.78 is 24.5. The molecule has 0 bridgehead atoms. The molecule has 5 nitrogen and oxygen atoms in total. The second kappa shape index (κ2) is 8.53. The van der Waals surface area contributed by atoms with Crippen molar-refractivity contribution in [3.8, 4) is 17.6 Å². The minimum Gasteiger partial charge on any atom is -0.493 e. The Kier molecular flexibility index (Phi) is 6.15. The van der Waals surface area contributed by atoms with E-state index in [1.807, 2.05) is 0 Å². The van der Waals surface area contributed by atoms with E-state index in [-0.39, 0.29) is 31.3 Å². The number of nitrogens with one attached hydrogen (secondary N) is 1. The van der Waals surface area contributed by atoms with Crippen LogP contribution < -0.4 is 14.8 Å². The van der Waals surface area contributed by atoms with Crippen molar-refractivity contribution in [1.29, 1.82) is 5.26 Å². The van der Waals surface area contributed by atoms with E-state index >= 15 is 0 Å². The number of methoxy groups -OCH3 is 1. The fourth-order valence-electron chi connectivity index (χ4n) is 2.05. The number of benzene rings is 2. The first-order valence-corrected chi connectivity index (χ1v) is 7.31. The van der Waals surface area contributed by atoms with Crippen LogP contribution in [0, 0.1) is 17.1 Å². The molecule has 2 rings (SSSR count).